The zero-order valence-corrected chi connectivity index (χ0v) is 21.3. The lowest BCUT2D eigenvalue weighted by Crippen LogP contribution is -2.32. The van der Waals surface area contributed by atoms with Crippen LogP contribution in [-0.4, -0.2) is 76.0 Å². The van der Waals surface area contributed by atoms with E-state index in [-0.39, 0.29) is 31.3 Å². The van der Waals surface area contributed by atoms with Crippen LogP contribution in [-0.2, 0) is 23.7 Å². The molecule has 0 spiro atoms. The number of hydrogen-bond acceptors (Lipinski definition) is 7. The van der Waals surface area contributed by atoms with E-state index in [1.165, 1.54) is 27.2 Å². The second-order valence-electron chi connectivity index (χ2n) is 8.78. The minimum absolute atomic E-state index is 0.0175. The first kappa shape index (κ1) is 27.0. The molecule has 1 aliphatic carbocycles. The lowest BCUT2D eigenvalue weighted by atomic mass is 9.98. The molecule has 1 amide bonds. The third-order valence-corrected chi connectivity index (χ3v) is 6.27. The Morgan fingerprint density at radius 2 is 1.24 bits per heavy atom. The average Bonchev–Trinajstić information content (AvgIpc) is 3.28. The molecule has 0 atom stereocenters. The number of ketones is 1. The molecule has 4 rings (SSSR count). The molecule has 1 aliphatic rings. The van der Waals surface area contributed by atoms with Gasteiger partial charge in [0.2, 0.25) is 0 Å². The number of hydrogen-bond donors (Lipinski definition) is 0. The maximum absolute atomic E-state index is 12.5. The summed E-state index contributed by atoms with van der Waals surface area (Å²) in [6.45, 7) is 1.70. The molecule has 0 bridgehead atoms. The van der Waals surface area contributed by atoms with Gasteiger partial charge >= 0.3 is 12.1 Å². The quantitative estimate of drug-likeness (QED) is 0.144. The monoisotopic (exact) mass is 517 g/mol. The van der Waals surface area contributed by atoms with Gasteiger partial charge in [0.05, 0.1) is 26.4 Å². The molecule has 3 aromatic carbocycles. The van der Waals surface area contributed by atoms with Crippen molar-refractivity contribution in [2.45, 2.75) is 5.92 Å². The molecule has 0 fully saturated rings. The van der Waals surface area contributed by atoms with Crippen molar-refractivity contribution >= 4 is 17.8 Å². The smallest absolute Gasteiger partial charge is 0.409 e. The fourth-order valence-electron chi connectivity index (χ4n) is 4.29. The highest BCUT2D eigenvalue weighted by Gasteiger charge is 2.29. The van der Waals surface area contributed by atoms with Crippen LogP contribution in [0.2, 0.25) is 0 Å². The zero-order valence-electron chi connectivity index (χ0n) is 21.3. The molecule has 0 N–H and O–H groups in total. The van der Waals surface area contributed by atoms with Gasteiger partial charge in [0.15, 0.2) is 0 Å². The minimum atomic E-state index is -0.910. The average molecular weight is 518 g/mol. The summed E-state index contributed by atoms with van der Waals surface area (Å²) in [6.07, 6.45) is -0.404. The zero-order chi connectivity index (χ0) is 26.7. The molecule has 0 saturated carbocycles. The molecule has 0 aromatic heterocycles. The molecule has 8 heteroatoms. The summed E-state index contributed by atoms with van der Waals surface area (Å²) < 4.78 is 21.4. The third-order valence-electron chi connectivity index (χ3n) is 6.27. The highest BCUT2D eigenvalue weighted by molar-refractivity contribution is 6.40. The van der Waals surface area contributed by atoms with Crippen molar-refractivity contribution in [3.8, 4) is 11.1 Å². The second kappa shape index (κ2) is 13.5. The molecular weight excluding hydrogens is 486 g/mol. The van der Waals surface area contributed by atoms with Gasteiger partial charge in [-0.1, -0.05) is 78.9 Å². The second-order valence-corrected chi connectivity index (χ2v) is 8.78. The summed E-state index contributed by atoms with van der Waals surface area (Å²) in [5.74, 6) is -1.58. The number of carbonyl (C=O) groups excluding carboxylic acids is 3. The number of amides is 1. The van der Waals surface area contributed by atoms with E-state index in [2.05, 4.69) is 24.3 Å². The Hall–Kier alpha value is -4.01. The predicted octanol–water partition coefficient (Wildman–Crippen LogP) is 4.33. The lowest BCUT2D eigenvalue weighted by Gasteiger charge is -2.19. The van der Waals surface area contributed by atoms with Crippen molar-refractivity contribution in [3.63, 3.8) is 0 Å². The molecule has 3 aromatic rings. The Balaban J connectivity index is 1.07. The van der Waals surface area contributed by atoms with Crippen LogP contribution in [0.4, 0.5) is 4.79 Å². The van der Waals surface area contributed by atoms with Crippen molar-refractivity contribution in [2.24, 2.45) is 0 Å². The number of fused-ring (bicyclic) bond motifs is 3. The van der Waals surface area contributed by atoms with Gasteiger partial charge in [0, 0.05) is 25.1 Å². The normalized spacial score (nSPS) is 11.9. The van der Waals surface area contributed by atoms with E-state index < -0.39 is 17.8 Å². The largest absolute Gasteiger partial charge is 0.457 e. The van der Waals surface area contributed by atoms with Gasteiger partial charge in [-0.25, -0.2) is 9.59 Å². The van der Waals surface area contributed by atoms with E-state index in [9.17, 15) is 14.4 Å². The lowest BCUT2D eigenvalue weighted by molar-refractivity contribution is -0.139. The summed E-state index contributed by atoms with van der Waals surface area (Å²) in [6, 6.07) is 24.7. The summed E-state index contributed by atoms with van der Waals surface area (Å²) in [5.41, 5.74) is 5.00. The first-order valence-electron chi connectivity index (χ1n) is 12.5. The SMILES string of the molecule is CN(CCOCCOCCOC(=O)C(=O)c1ccccc1)C(=O)OCC1c2ccccc2-c2ccccc21. The molecule has 0 aliphatic heterocycles. The van der Waals surface area contributed by atoms with E-state index >= 15 is 0 Å². The fraction of sp³-hybridized carbons (Fsp3) is 0.300. The predicted molar refractivity (Wildman–Crippen MR) is 141 cm³/mol. The summed E-state index contributed by atoms with van der Waals surface area (Å²) in [5, 5.41) is 0. The van der Waals surface area contributed by atoms with Crippen molar-refractivity contribution in [1.29, 1.82) is 0 Å². The number of esters is 1. The van der Waals surface area contributed by atoms with Gasteiger partial charge in [-0.2, -0.15) is 0 Å². The van der Waals surface area contributed by atoms with Crippen LogP contribution in [0.5, 0.6) is 0 Å². The number of nitrogens with zero attached hydrogens (tertiary/aromatic N) is 1. The van der Waals surface area contributed by atoms with Crippen LogP contribution in [0.3, 0.4) is 0 Å². The van der Waals surface area contributed by atoms with Crippen LogP contribution in [0.15, 0.2) is 78.9 Å². The maximum Gasteiger partial charge on any atom is 0.409 e. The Morgan fingerprint density at radius 1 is 0.684 bits per heavy atom. The number of ether oxygens (including phenoxy) is 4. The maximum atomic E-state index is 12.5. The van der Waals surface area contributed by atoms with E-state index in [0.717, 1.165) is 0 Å². The Labute approximate surface area is 222 Å². The number of likely N-dealkylation sites (N-methyl/N-ethyl adjacent to an activating group) is 1. The third kappa shape index (κ3) is 6.85. The Bertz CT molecular complexity index is 1200. The molecule has 8 nitrogen and oxygen atoms in total. The summed E-state index contributed by atoms with van der Waals surface area (Å²) in [4.78, 5) is 37.7. The first-order chi connectivity index (χ1) is 18.6. The van der Waals surface area contributed by atoms with Gasteiger partial charge in [-0.3, -0.25) is 4.79 Å². The van der Waals surface area contributed by atoms with Crippen LogP contribution in [0.1, 0.15) is 27.4 Å². The van der Waals surface area contributed by atoms with Crippen molar-refractivity contribution in [3.05, 3.63) is 95.6 Å². The van der Waals surface area contributed by atoms with E-state index in [1.54, 1.807) is 37.4 Å². The van der Waals surface area contributed by atoms with Gasteiger partial charge < -0.3 is 23.8 Å². The van der Waals surface area contributed by atoms with Gasteiger partial charge in [-0.15, -0.1) is 0 Å². The Kier molecular flexibility index (Phi) is 9.61. The van der Waals surface area contributed by atoms with Crippen LogP contribution in [0.25, 0.3) is 11.1 Å². The number of rotatable bonds is 13. The van der Waals surface area contributed by atoms with Gasteiger partial charge in [0.1, 0.15) is 13.2 Å². The fourth-order valence-corrected chi connectivity index (χ4v) is 4.29. The molecular formula is C30H31NO7. The van der Waals surface area contributed by atoms with Crippen molar-refractivity contribution in [1.82, 2.24) is 4.90 Å². The molecule has 0 heterocycles. The van der Waals surface area contributed by atoms with Crippen LogP contribution >= 0.6 is 0 Å². The van der Waals surface area contributed by atoms with Gasteiger partial charge in [0.25, 0.3) is 5.78 Å². The minimum Gasteiger partial charge on any atom is -0.457 e. The summed E-state index contributed by atoms with van der Waals surface area (Å²) in [7, 11) is 1.67. The first-order valence-corrected chi connectivity index (χ1v) is 12.5. The molecule has 0 radical (unpaired) electrons. The topological polar surface area (TPSA) is 91.4 Å². The number of Topliss-reactive ketones (excluding diaryl/α,β-unsaturated/α-hetero) is 1. The van der Waals surface area contributed by atoms with E-state index in [0.29, 0.717) is 26.4 Å². The number of benzene rings is 3. The van der Waals surface area contributed by atoms with Crippen LogP contribution < -0.4 is 0 Å². The Morgan fingerprint density at radius 3 is 1.89 bits per heavy atom. The van der Waals surface area contributed by atoms with Crippen molar-refractivity contribution in [2.75, 3.05) is 53.2 Å². The highest BCUT2D eigenvalue weighted by Crippen LogP contribution is 2.44. The molecule has 198 valence electrons. The molecule has 0 saturated heterocycles. The number of carbonyl (C=O) groups is 3. The standard InChI is InChI=1S/C30H31NO7/c1-31(15-16-35-17-18-36-19-20-37-29(33)28(32)22-9-3-2-4-10-22)30(34)38-21-27-25-13-7-5-11-23(25)24-12-6-8-14-26(24)27/h2-14,27H,15-21H2,1H3. The van der Waals surface area contributed by atoms with Gasteiger partial charge in [-0.05, 0) is 22.3 Å². The molecule has 38 heavy (non-hydrogen) atoms. The van der Waals surface area contributed by atoms with E-state index in [1.807, 2.05) is 24.3 Å². The molecule has 0 unspecified atom stereocenters. The van der Waals surface area contributed by atoms with Crippen LogP contribution in [0, 0.1) is 0 Å². The summed E-state index contributed by atoms with van der Waals surface area (Å²) >= 11 is 0. The van der Waals surface area contributed by atoms with Crippen molar-refractivity contribution < 1.29 is 33.3 Å². The highest BCUT2D eigenvalue weighted by atomic mass is 16.6. The van der Waals surface area contributed by atoms with E-state index in [4.69, 9.17) is 18.9 Å².